The molecule has 4 nitrogen and oxygen atoms in total. The SMILES string of the molecule is CCC(O)(CC)CSc1n[nH]c(-c2ccccc2F)n1. The highest BCUT2D eigenvalue weighted by atomic mass is 32.2. The summed E-state index contributed by atoms with van der Waals surface area (Å²) in [5, 5.41) is 17.5. The monoisotopic (exact) mass is 295 g/mol. The molecule has 108 valence electrons. The van der Waals surface area contributed by atoms with Crippen molar-refractivity contribution in [1.82, 2.24) is 15.2 Å². The van der Waals surface area contributed by atoms with Crippen molar-refractivity contribution in [3.63, 3.8) is 0 Å². The lowest BCUT2D eigenvalue weighted by atomic mass is 10.0. The number of rotatable bonds is 6. The molecule has 0 bridgehead atoms. The van der Waals surface area contributed by atoms with Crippen LogP contribution in [0.15, 0.2) is 29.4 Å². The summed E-state index contributed by atoms with van der Waals surface area (Å²) >= 11 is 1.37. The molecule has 1 aromatic heterocycles. The summed E-state index contributed by atoms with van der Waals surface area (Å²) < 4.78 is 13.6. The third kappa shape index (κ3) is 3.37. The molecule has 20 heavy (non-hydrogen) atoms. The van der Waals surface area contributed by atoms with Gasteiger partial charge in [0.25, 0.3) is 0 Å². The smallest absolute Gasteiger partial charge is 0.208 e. The number of thioether (sulfide) groups is 1. The maximum atomic E-state index is 13.6. The number of halogens is 1. The average Bonchev–Trinajstić information content (AvgIpc) is 2.94. The van der Waals surface area contributed by atoms with Crippen LogP contribution in [0.4, 0.5) is 4.39 Å². The number of aromatic amines is 1. The van der Waals surface area contributed by atoms with Crippen LogP contribution < -0.4 is 0 Å². The number of aromatic nitrogens is 3. The lowest BCUT2D eigenvalue weighted by Gasteiger charge is -2.23. The molecule has 2 aromatic rings. The minimum atomic E-state index is -0.705. The van der Waals surface area contributed by atoms with Crippen LogP contribution >= 0.6 is 11.8 Å². The summed E-state index contributed by atoms with van der Waals surface area (Å²) in [4.78, 5) is 4.26. The van der Waals surface area contributed by atoms with Crippen LogP contribution in [-0.2, 0) is 0 Å². The van der Waals surface area contributed by atoms with Crippen molar-refractivity contribution in [2.45, 2.75) is 37.4 Å². The minimum absolute atomic E-state index is 0.334. The maximum absolute atomic E-state index is 13.6. The Morgan fingerprint density at radius 2 is 2.00 bits per heavy atom. The van der Waals surface area contributed by atoms with E-state index in [2.05, 4.69) is 15.2 Å². The van der Waals surface area contributed by atoms with E-state index < -0.39 is 5.60 Å². The predicted octanol–water partition coefficient (Wildman–Crippen LogP) is 3.25. The Hall–Kier alpha value is -1.40. The molecular weight excluding hydrogens is 277 g/mol. The van der Waals surface area contributed by atoms with E-state index in [1.54, 1.807) is 18.2 Å². The lowest BCUT2D eigenvalue weighted by molar-refractivity contribution is 0.0571. The summed E-state index contributed by atoms with van der Waals surface area (Å²) in [5.74, 6) is 0.593. The quantitative estimate of drug-likeness (QED) is 0.803. The van der Waals surface area contributed by atoms with Crippen LogP contribution in [0.1, 0.15) is 26.7 Å². The first-order valence-electron chi connectivity index (χ1n) is 6.60. The Kier molecular flexibility index (Phi) is 4.77. The standard InChI is InChI=1S/C14H18FN3OS/c1-3-14(19,4-2)9-20-13-16-12(17-18-13)10-7-5-6-8-11(10)15/h5-8,19H,3-4,9H2,1-2H3,(H,16,17,18). The zero-order valence-electron chi connectivity index (χ0n) is 11.6. The average molecular weight is 295 g/mol. The second-order valence-corrected chi connectivity index (χ2v) is 5.61. The topological polar surface area (TPSA) is 61.8 Å². The van der Waals surface area contributed by atoms with Gasteiger partial charge in [0.2, 0.25) is 5.16 Å². The van der Waals surface area contributed by atoms with E-state index >= 15 is 0 Å². The second-order valence-electron chi connectivity index (χ2n) is 4.67. The van der Waals surface area contributed by atoms with Gasteiger partial charge in [-0.15, -0.1) is 5.10 Å². The number of hydrogen-bond donors (Lipinski definition) is 2. The van der Waals surface area contributed by atoms with Crippen LogP contribution in [0.25, 0.3) is 11.4 Å². The van der Waals surface area contributed by atoms with Crippen molar-refractivity contribution in [1.29, 1.82) is 0 Å². The molecule has 0 spiro atoms. The van der Waals surface area contributed by atoms with E-state index in [1.165, 1.54) is 17.8 Å². The Morgan fingerprint density at radius 3 is 2.65 bits per heavy atom. The molecule has 0 aliphatic carbocycles. The number of nitrogens with one attached hydrogen (secondary N) is 1. The van der Waals surface area contributed by atoms with Crippen LogP contribution in [0.3, 0.4) is 0 Å². The first-order chi connectivity index (χ1) is 9.58. The molecule has 0 saturated heterocycles. The van der Waals surface area contributed by atoms with Gasteiger partial charge in [-0.1, -0.05) is 37.7 Å². The molecule has 0 aliphatic heterocycles. The first kappa shape index (κ1) is 15.0. The highest BCUT2D eigenvalue weighted by Gasteiger charge is 2.23. The van der Waals surface area contributed by atoms with Gasteiger partial charge in [-0.2, -0.15) is 0 Å². The normalized spacial score (nSPS) is 11.8. The number of aliphatic hydroxyl groups is 1. The maximum Gasteiger partial charge on any atom is 0.208 e. The Balaban J connectivity index is 2.09. The van der Waals surface area contributed by atoms with Crippen LogP contribution in [-0.4, -0.2) is 31.6 Å². The number of H-pyrrole nitrogens is 1. The highest BCUT2D eigenvalue weighted by molar-refractivity contribution is 7.99. The fourth-order valence-electron chi connectivity index (χ4n) is 1.74. The molecule has 0 radical (unpaired) electrons. The third-order valence-electron chi connectivity index (χ3n) is 3.38. The van der Waals surface area contributed by atoms with Gasteiger partial charge < -0.3 is 5.11 Å². The summed E-state index contributed by atoms with van der Waals surface area (Å²) in [7, 11) is 0. The summed E-state index contributed by atoms with van der Waals surface area (Å²) in [6, 6.07) is 6.42. The van der Waals surface area contributed by atoms with Crippen molar-refractivity contribution < 1.29 is 9.50 Å². The van der Waals surface area contributed by atoms with E-state index in [4.69, 9.17) is 0 Å². The van der Waals surface area contributed by atoms with Crippen molar-refractivity contribution in [2.24, 2.45) is 0 Å². The highest BCUT2D eigenvalue weighted by Crippen LogP contribution is 2.26. The van der Waals surface area contributed by atoms with Crippen LogP contribution in [0.5, 0.6) is 0 Å². The fourth-order valence-corrected chi connectivity index (χ4v) is 2.81. The van der Waals surface area contributed by atoms with E-state index in [9.17, 15) is 9.50 Å². The van der Waals surface area contributed by atoms with Gasteiger partial charge in [0, 0.05) is 5.75 Å². The molecule has 1 heterocycles. The van der Waals surface area contributed by atoms with Crippen LogP contribution in [0.2, 0.25) is 0 Å². The molecule has 0 amide bonds. The van der Waals surface area contributed by atoms with E-state index in [-0.39, 0.29) is 5.82 Å². The van der Waals surface area contributed by atoms with Gasteiger partial charge in [0.15, 0.2) is 5.82 Å². The largest absolute Gasteiger partial charge is 0.389 e. The summed E-state index contributed by atoms with van der Waals surface area (Å²) in [5.41, 5.74) is -0.309. The molecule has 2 rings (SSSR count). The van der Waals surface area contributed by atoms with Crippen molar-refractivity contribution in [2.75, 3.05) is 5.75 Å². The predicted molar refractivity (Wildman–Crippen MR) is 78.0 cm³/mol. The molecule has 0 saturated carbocycles. The zero-order chi connectivity index (χ0) is 14.6. The molecule has 0 atom stereocenters. The van der Waals surface area contributed by atoms with Gasteiger partial charge in [-0.25, -0.2) is 9.37 Å². The van der Waals surface area contributed by atoms with E-state index in [1.807, 2.05) is 13.8 Å². The van der Waals surface area contributed by atoms with E-state index in [0.717, 1.165) is 0 Å². The summed E-state index contributed by atoms with van der Waals surface area (Å²) in [6.45, 7) is 3.90. The molecule has 6 heteroatoms. The zero-order valence-corrected chi connectivity index (χ0v) is 12.4. The summed E-state index contributed by atoms with van der Waals surface area (Å²) in [6.07, 6.45) is 1.36. The minimum Gasteiger partial charge on any atom is -0.389 e. The van der Waals surface area contributed by atoms with Gasteiger partial charge >= 0.3 is 0 Å². The molecule has 2 N–H and O–H groups in total. The Labute approximate surface area is 121 Å². The third-order valence-corrected chi connectivity index (χ3v) is 4.50. The van der Waals surface area contributed by atoms with Gasteiger partial charge in [-0.3, -0.25) is 5.10 Å². The number of hydrogen-bond acceptors (Lipinski definition) is 4. The fraction of sp³-hybridized carbons (Fsp3) is 0.429. The Bertz CT molecular complexity index is 569. The molecular formula is C14H18FN3OS. The second kappa shape index (κ2) is 6.37. The number of benzene rings is 1. The molecule has 1 aromatic carbocycles. The lowest BCUT2D eigenvalue weighted by Crippen LogP contribution is -2.29. The molecule has 0 aliphatic rings. The molecule has 0 fully saturated rings. The van der Waals surface area contributed by atoms with Crippen LogP contribution in [0, 0.1) is 5.82 Å². The van der Waals surface area contributed by atoms with E-state index in [0.29, 0.717) is 35.1 Å². The Morgan fingerprint density at radius 1 is 1.30 bits per heavy atom. The van der Waals surface area contributed by atoms with Crippen molar-refractivity contribution in [3.8, 4) is 11.4 Å². The molecule has 0 unspecified atom stereocenters. The van der Waals surface area contributed by atoms with Gasteiger partial charge in [0.05, 0.1) is 11.2 Å². The van der Waals surface area contributed by atoms with Crippen molar-refractivity contribution >= 4 is 11.8 Å². The number of nitrogens with zero attached hydrogens (tertiary/aromatic N) is 2. The van der Waals surface area contributed by atoms with Crippen molar-refractivity contribution in [3.05, 3.63) is 30.1 Å². The van der Waals surface area contributed by atoms with Gasteiger partial charge in [-0.05, 0) is 25.0 Å². The first-order valence-corrected chi connectivity index (χ1v) is 7.59. The van der Waals surface area contributed by atoms with Gasteiger partial charge in [0.1, 0.15) is 5.82 Å².